The Balaban J connectivity index is 1.74. The van der Waals surface area contributed by atoms with Crippen molar-refractivity contribution in [1.82, 2.24) is 25.3 Å². The van der Waals surface area contributed by atoms with Crippen LogP contribution >= 0.6 is 11.3 Å². The summed E-state index contributed by atoms with van der Waals surface area (Å²) >= 11 is 1.62. The van der Waals surface area contributed by atoms with Gasteiger partial charge in [-0.25, -0.2) is 15.0 Å². The normalized spacial score (nSPS) is 12.0. The van der Waals surface area contributed by atoms with E-state index in [1.54, 1.807) is 23.7 Å². The molecule has 0 saturated heterocycles. The summed E-state index contributed by atoms with van der Waals surface area (Å²) in [4.78, 5) is 30.8. The molecule has 0 saturated carbocycles. The number of nitrogens with zero attached hydrogens (tertiary/aromatic N) is 4. The highest BCUT2D eigenvalue weighted by Crippen LogP contribution is 2.25. The zero-order valence-corrected chi connectivity index (χ0v) is 15.2. The molecule has 0 aliphatic rings. The number of carbonyl (C=O) groups excluding carboxylic acids is 1. The Hall–Kier alpha value is -2.67. The first-order chi connectivity index (χ1) is 12.1. The van der Waals surface area contributed by atoms with Crippen LogP contribution in [0.3, 0.4) is 0 Å². The van der Waals surface area contributed by atoms with Crippen LogP contribution in [-0.2, 0) is 0 Å². The molecule has 0 unspecified atom stereocenters. The zero-order valence-electron chi connectivity index (χ0n) is 14.4. The maximum absolute atomic E-state index is 12.5. The maximum atomic E-state index is 12.5. The number of thiazole rings is 1. The Morgan fingerprint density at radius 3 is 2.56 bits per heavy atom. The largest absolute Gasteiger partial charge is 0.343 e. The van der Waals surface area contributed by atoms with Gasteiger partial charge >= 0.3 is 0 Å². The minimum absolute atomic E-state index is 0.108. The highest BCUT2D eigenvalue weighted by molar-refractivity contribution is 7.11. The van der Waals surface area contributed by atoms with Gasteiger partial charge in [-0.15, -0.1) is 11.3 Å². The van der Waals surface area contributed by atoms with Gasteiger partial charge in [0.1, 0.15) is 5.01 Å². The van der Waals surface area contributed by atoms with Gasteiger partial charge < -0.3 is 5.32 Å². The van der Waals surface area contributed by atoms with Gasteiger partial charge in [0.15, 0.2) is 5.82 Å². The molecule has 3 rings (SSSR count). The van der Waals surface area contributed by atoms with E-state index in [2.05, 4.69) is 25.3 Å². The van der Waals surface area contributed by atoms with Crippen LogP contribution in [0.25, 0.3) is 11.4 Å². The van der Waals surface area contributed by atoms with Gasteiger partial charge in [-0.3, -0.25) is 9.78 Å². The van der Waals surface area contributed by atoms with Gasteiger partial charge in [0.25, 0.3) is 5.91 Å². The molecule has 3 aromatic rings. The second kappa shape index (κ2) is 7.48. The van der Waals surface area contributed by atoms with Gasteiger partial charge in [0, 0.05) is 35.2 Å². The third kappa shape index (κ3) is 3.88. The number of rotatable bonds is 5. The highest BCUT2D eigenvalue weighted by atomic mass is 32.1. The minimum Gasteiger partial charge on any atom is -0.343 e. The number of amides is 1. The van der Waals surface area contributed by atoms with Gasteiger partial charge in [-0.2, -0.15) is 0 Å². The highest BCUT2D eigenvalue weighted by Gasteiger charge is 2.18. The first-order valence-electron chi connectivity index (χ1n) is 8.05. The zero-order chi connectivity index (χ0) is 17.8. The molecule has 6 nitrogen and oxygen atoms in total. The summed E-state index contributed by atoms with van der Waals surface area (Å²) in [5, 5.41) is 3.95. The molecule has 0 spiro atoms. The van der Waals surface area contributed by atoms with E-state index in [0.717, 1.165) is 22.7 Å². The molecule has 3 aromatic heterocycles. The Morgan fingerprint density at radius 2 is 2.00 bits per heavy atom. The fourth-order valence-corrected chi connectivity index (χ4v) is 3.37. The van der Waals surface area contributed by atoms with Gasteiger partial charge in [0.2, 0.25) is 0 Å². The Bertz CT molecular complexity index is 841. The molecule has 1 atom stereocenters. The number of nitrogens with one attached hydrogen (secondary N) is 1. The molecule has 128 valence electrons. The predicted octanol–water partition coefficient (Wildman–Crippen LogP) is 3.49. The number of hydrogen-bond donors (Lipinski definition) is 1. The molecule has 0 radical (unpaired) electrons. The van der Waals surface area contributed by atoms with Crippen LogP contribution < -0.4 is 5.32 Å². The van der Waals surface area contributed by atoms with Crippen molar-refractivity contribution in [3.8, 4) is 11.4 Å². The Labute approximate surface area is 150 Å². The molecule has 0 aliphatic carbocycles. The second-order valence-electron chi connectivity index (χ2n) is 5.67. The van der Waals surface area contributed by atoms with Gasteiger partial charge in [-0.1, -0.05) is 6.92 Å². The predicted molar refractivity (Wildman–Crippen MR) is 97.3 cm³/mol. The van der Waals surface area contributed by atoms with Crippen molar-refractivity contribution in [2.75, 3.05) is 0 Å². The summed E-state index contributed by atoms with van der Waals surface area (Å²) in [6.45, 7) is 6.05. The van der Waals surface area contributed by atoms with E-state index < -0.39 is 0 Å². The first kappa shape index (κ1) is 17.2. The summed E-state index contributed by atoms with van der Waals surface area (Å²) in [6, 6.07) is 3.59. The molecule has 1 amide bonds. The number of carbonyl (C=O) groups is 1. The van der Waals surface area contributed by atoms with Gasteiger partial charge in [0.05, 0.1) is 17.3 Å². The lowest BCUT2D eigenvalue weighted by Gasteiger charge is -2.14. The van der Waals surface area contributed by atoms with Crippen LogP contribution in [0.4, 0.5) is 0 Å². The van der Waals surface area contributed by atoms with E-state index >= 15 is 0 Å². The summed E-state index contributed by atoms with van der Waals surface area (Å²) in [6.07, 6.45) is 7.23. The van der Waals surface area contributed by atoms with Crippen molar-refractivity contribution in [2.45, 2.75) is 33.2 Å². The SMILES string of the molecule is CC[C@H](NC(=O)c1cnc(-c2cccnc2)nc1)c1nc(C)c(C)s1. The Kier molecular flexibility index (Phi) is 5.14. The average molecular weight is 353 g/mol. The van der Waals surface area contributed by atoms with Crippen LogP contribution in [0.15, 0.2) is 36.9 Å². The van der Waals surface area contributed by atoms with Crippen LogP contribution in [0.2, 0.25) is 0 Å². The quantitative estimate of drug-likeness (QED) is 0.759. The van der Waals surface area contributed by atoms with Crippen molar-refractivity contribution in [2.24, 2.45) is 0 Å². The summed E-state index contributed by atoms with van der Waals surface area (Å²) in [7, 11) is 0. The lowest BCUT2D eigenvalue weighted by atomic mass is 10.2. The molecule has 25 heavy (non-hydrogen) atoms. The van der Waals surface area contributed by atoms with E-state index in [1.807, 2.05) is 32.9 Å². The van der Waals surface area contributed by atoms with E-state index in [-0.39, 0.29) is 11.9 Å². The second-order valence-corrected chi connectivity index (χ2v) is 6.90. The van der Waals surface area contributed by atoms with Crippen LogP contribution in [0.1, 0.15) is 45.3 Å². The maximum Gasteiger partial charge on any atom is 0.254 e. The topological polar surface area (TPSA) is 80.7 Å². The standard InChI is InChI=1S/C18H19N5OS/c1-4-15(18-22-11(2)12(3)25-18)23-17(24)14-9-20-16(21-10-14)13-6-5-7-19-8-13/h5-10,15H,4H2,1-3H3,(H,23,24)/t15-/m0/s1. The molecule has 1 N–H and O–H groups in total. The number of aromatic nitrogens is 4. The molecular weight excluding hydrogens is 334 g/mol. The molecule has 0 aliphatic heterocycles. The molecule has 0 bridgehead atoms. The van der Waals surface area contributed by atoms with E-state index in [4.69, 9.17) is 0 Å². The molecule has 0 aromatic carbocycles. The minimum atomic E-state index is -0.199. The third-order valence-corrected chi connectivity index (χ3v) is 5.08. The lowest BCUT2D eigenvalue weighted by molar-refractivity contribution is 0.0934. The smallest absolute Gasteiger partial charge is 0.254 e. The monoisotopic (exact) mass is 353 g/mol. The van der Waals surface area contributed by atoms with Crippen molar-refractivity contribution in [3.05, 3.63) is 58.1 Å². The summed E-state index contributed by atoms with van der Waals surface area (Å²) in [5.41, 5.74) is 2.25. The van der Waals surface area contributed by atoms with Crippen molar-refractivity contribution >= 4 is 17.2 Å². The van der Waals surface area contributed by atoms with Crippen LogP contribution in [0.5, 0.6) is 0 Å². The van der Waals surface area contributed by atoms with Gasteiger partial charge in [-0.05, 0) is 32.4 Å². The Morgan fingerprint density at radius 1 is 1.24 bits per heavy atom. The molecule has 7 heteroatoms. The fourth-order valence-electron chi connectivity index (χ4n) is 2.32. The van der Waals surface area contributed by atoms with Crippen LogP contribution in [-0.4, -0.2) is 25.8 Å². The molecular formula is C18H19N5OS. The van der Waals surface area contributed by atoms with Crippen molar-refractivity contribution in [3.63, 3.8) is 0 Å². The third-order valence-electron chi connectivity index (χ3n) is 3.89. The fraction of sp³-hybridized carbons (Fsp3) is 0.278. The number of aryl methyl sites for hydroxylation is 2. The van der Waals surface area contributed by atoms with E-state index in [0.29, 0.717) is 11.4 Å². The summed E-state index contributed by atoms with van der Waals surface area (Å²) in [5.74, 6) is 0.345. The molecule has 0 fully saturated rings. The number of pyridine rings is 1. The summed E-state index contributed by atoms with van der Waals surface area (Å²) < 4.78 is 0. The molecule has 3 heterocycles. The van der Waals surface area contributed by atoms with Crippen molar-refractivity contribution in [1.29, 1.82) is 0 Å². The van der Waals surface area contributed by atoms with E-state index in [9.17, 15) is 4.79 Å². The average Bonchev–Trinajstić information content (AvgIpc) is 2.99. The first-order valence-corrected chi connectivity index (χ1v) is 8.87. The lowest BCUT2D eigenvalue weighted by Crippen LogP contribution is -2.28. The number of hydrogen-bond acceptors (Lipinski definition) is 6. The van der Waals surface area contributed by atoms with Crippen molar-refractivity contribution < 1.29 is 4.79 Å². The van der Waals surface area contributed by atoms with E-state index in [1.165, 1.54) is 17.3 Å². The van der Waals surface area contributed by atoms with Crippen LogP contribution in [0, 0.1) is 13.8 Å².